The van der Waals surface area contributed by atoms with Gasteiger partial charge in [-0.05, 0) is 30.2 Å². The van der Waals surface area contributed by atoms with E-state index in [0.29, 0.717) is 31.0 Å². The Bertz CT molecular complexity index is 968. The van der Waals surface area contributed by atoms with Gasteiger partial charge in [-0.25, -0.2) is 5.01 Å². The maximum absolute atomic E-state index is 12.8. The lowest BCUT2D eigenvalue weighted by Gasteiger charge is -2.37. The minimum absolute atomic E-state index is 0.00857. The summed E-state index contributed by atoms with van der Waals surface area (Å²) in [6.07, 6.45) is 0.980. The van der Waals surface area contributed by atoms with Crippen molar-refractivity contribution >= 4 is 34.8 Å². The SMILES string of the molecule is Cc1ccc(Cl)cc1N1CCN(C(=O)CN2N=C(c3ccccc3)CCC2=O)CC1. The van der Waals surface area contributed by atoms with Gasteiger partial charge in [0.2, 0.25) is 11.8 Å². The first-order valence-electron chi connectivity index (χ1n) is 10.2. The Hall–Kier alpha value is -2.86. The van der Waals surface area contributed by atoms with Crippen LogP contribution in [0.3, 0.4) is 0 Å². The predicted molar refractivity (Wildman–Crippen MR) is 119 cm³/mol. The van der Waals surface area contributed by atoms with E-state index in [4.69, 9.17) is 11.6 Å². The number of carbonyl (C=O) groups excluding carboxylic acids is 2. The number of benzene rings is 2. The molecule has 156 valence electrons. The zero-order valence-electron chi connectivity index (χ0n) is 17.1. The summed E-state index contributed by atoms with van der Waals surface area (Å²) < 4.78 is 0. The Morgan fingerprint density at radius 3 is 2.50 bits per heavy atom. The van der Waals surface area contributed by atoms with Gasteiger partial charge in [-0.15, -0.1) is 0 Å². The fraction of sp³-hybridized carbons (Fsp3) is 0.348. The van der Waals surface area contributed by atoms with Crippen LogP contribution in [0.1, 0.15) is 24.0 Å². The second kappa shape index (κ2) is 8.88. The molecule has 0 spiro atoms. The molecule has 0 atom stereocenters. The lowest BCUT2D eigenvalue weighted by Crippen LogP contribution is -2.51. The van der Waals surface area contributed by atoms with Crippen molar-refractivity contribution in [2.24, 2.45) is 5.10 Å². The van der Waals surface area contributed by atoms with Crippen molar-refractivity contribution in [1.29, 1.82) is 0 Å². The number of amides is 2. The van der Waals surface area contributed by atoms with Gasteiger partial charge in [0.05, 0.1) is 5.71 Å². The third-order valence-electron chi connectivity index (χ3n) is 5.64. The minimum atomic E-state index is -0.101. The summed E-state index contributed by atoms with van der Waals surface area (Å²) in [4.78, 5) is 29.2. The van der Waals surface area contributed by atoms with E-state index in [0.717, 1.165) is 30.1 Å². The minimum Gasteiger partial charge on any atom is -0.368 e. The van der Waals surface area contributed by atoms with Crippen molar-refractivity contribution in [3.63, 3.8) is 0 Å². The van der Waals surface area contributed by atoms with Crippen LogP contribution in [0.25, 0.3) is 0 Å². The van der Waals surface area contributed by atoms with Crippen LogP contribution in [-0.2, 0) is 9.59 Å². The molecule has 0 saturated carbocycles. The largest absolute Gasteiger partial charge is 0.368 e. The van der Waals surface area contributed by atoms with Gasteiger partial charge < -0.3 is 9.80 Å². The van der Waals surface area contributed by atoms with Crippen LogP contribution in [0, 0.1) is 6.92 Å². The Morgan fingerprint density at radius 2 is 1.77 bits per heavy atom. The molecule has 0 aliphatic carbocycles. The molecule has 2 aromatic carbocycles. The highest BCUT2D eigenvalue weighted by Gasteiger charge is 2.27. The van der Waals surface area contributed by atoms with Crippen molar-refractivity contribution < 1.29 is 9.59 Å². The topological polar surface area (TPSA) is 56.2 Å². The average Bonchev–Trinajstić information content (AvgIpc) is 2.77. The first kappa shape index (κ1) is 20.4. The number of rotatable bonds is 4. The van der Waals surface area contributed by atoms with E-state index in [1.807, 2.05) is 53.4 Å². The molecule has 0 unspecified atom stereocenters. The lowest BCUT2D eigenvalue weighted by molar-refractivity contribution is -0.141. The zero-order valence-corrected chi connectivity index (χ0v) is 17.8. The molecule has 4 rings (SSSR count). The Kier molecular flexibility index (Phi) is 6.04. The summed E-state index contributed by atoms with van der Waals surface area (Å²) >= 11 is 6.15. The summed E-state index contributed by atoms with van der Waals surface area (Å²) in [7, 11) is 0. The van der Waals surface area contributed by atoms with Crippen molar-refractivity contribution in [1.82, 2.24) is 9.91 Å². The maximum Gasteiger partial charge on any atom is 0.244 e. The molecule has 7 heteroatoms. The normalized spacial score (nSPS) is 17.2. The molecule has 30 heavy (non-hydrogen) atoms. The Balaban J connectivity index is 1.38. The summed E-state index contributed by atoms with van der Waals surface area (Å²) in [6.45, 7) is 4.75. The number of anilines is 1. The molecule has 2 aliphatic rings. The van der Waals surface area contributed by atoms with E-state index in [-0.39, 0.29) is 18.4 Å². The summed E-state index contributed by atoms with van der Waals surface area (Å²) in [5.74, 6) is -0.167. The van der Waals surface area contributed by atoms with E-state index < -0.39 is 0 Å². The van der Waals surface area contributed by atoms with Crippen LogP contribution in [-0.4, -0.2) is 60.2 Å². The predicted octanol–water partition coefficient (Wildman–Crippen LogP) is 3.32. The van der Waals surface area contributed by atoms with Gasteiger partial charge in [-0.2, -0.15) is 5.10 Å². The fourth-order valence-electron chi connectivity index (χ4n) is 3.91. The molecular weight excluding hydrogens is 400 g/mol. The number of piperazine rings is 1. The van der Waals surface area contributed by atoms with Crippen molar-refractivity contribution in [3.8, 4) is 0 Å². The van der Waals surface area contributed by atoms with Crippen LogP contribution in [0.5, 0.6) is 0 Å². The van der Waals surface area contributed by atoms with Gasteiger partial charge >= 0.3 is 0 Å². The van der Waals surface area contributed by atoms with Crippen LogP contribution in [0.2, 0.25) is 5.02 Å². The highest BCUT2D eigenvalue weighted by Crippen LogP contribution is 2.25. The quantitative estimate of drug-likeness (QED) is 0.756. The second-order valence-corrected chi connectivity index (χ2v) is 8.10. The van der Waals surface area contributed by atoms with Gasteiger partial charge in [-0.1, -0.05) is 48.0 Å². The van der Waals surface area contributed by atoms with Crippen LogP contribution in [0.4, 0.5) is 5.69 Å². The molecule has 6 nitrogen and oxygen atoms in total. The van der Waals surface area contributed by atoms with E-state index in [1.165, 1.54) is 10.6 Å². The van der Waals surface area contributed by atoms with E-state index in [9.17, 15) is 9.59 Å². The van der Waals surface area contributed by atoms with Crippen LogP contribution in [0.15, 0.2) is 53.6 Å². The molecule has 0 N–H and O–H groups in total. The van der Waals surface area contributed by atoms with Crippen LogP contribution < -0.4 is 4.90 Å². The maximum atomic E-state index is 12.8. The summed E-state index contributed by atoms with van der Waals surface area (Å²) in [6, 6.07) is 15.7. The standard InChI is InChI=1S/C23H25ClN4O2/c1-17-7-8-19(24)15-21(17)26-11-13-27(14-12-26)23(30)16-28-22(29)10-9-20(25-28)18-5-3-2-4-6-18/h2-8,15H,9-14,16H2,1H3. The van der Waals surface area contributed by atoms with Gasteiger partial charge in [0.15, 0.2) is 0 Å². The third-order valence-corrected chi connectivity index (χ3v) is 5.88. The fourth-order valence-corrected chi connectivity index (χ4v) is 4.08. The Morgan fingerprint density at radius 1 is 1.03 bits per heavy atom. The number of nitrogens with zero attached hydrogens (tertiary/aromatic N) is 4. The van der Waals surface area contributed by atoms with Crippen molar-refractivity contribution in [2.45, 2.75) is 19.8 Å². The molecule has 1 fully saturated rings. The molecule has 0 bridgehead atoms. The number of carbonyl (C=O) groups is 2. The van der Waals surface area contributed by atoms with E-state index in [2.05, 4.69) is 16.9 Å². The van der Waals surface area contributed by atoms with Crippen molar-refractivity contribution in [3.05, 3.63) is 64.7 Å². The average molecular weight is 425 g/mol. The molecule has 2 amide bonds. The highest BCUT2D eigenvalue weighted by molar-refractivity contribution is 6.30. The van der Waals surface area contributed by atoms with E-state index >= 15 is 0 Å². The molecule has 2 aliphatic heterocycles. The number of aryl methyl sites for hydroxylation is 1. The van der Waals surface area contributed by atoms with Gasteiger partial charge in [-0.3, -0.25) is 9.59 Å². The summed E-state index contributed by atoms with van der Waals surface area (Å²) in [5, 5.41) is 6.53. The van der Waals surface area contributed by atoms with Gasteiger partial charge in [0.25, 0.3) is 0 Å². The molecular formula is C23H25ClN4O2. The summed E-state index contributed by atoms with van der Waals surface area (Å²) in [5.41, 5.74) is 4.12. The van der Waals surface area contributed by atoms with Gasteiger partial charge in [0.1, 0.15) is 6.54 Å². The number of hydrazone groups is 1. The number of halogens is 1. The molecule has 2 heterocycles. The Labute approximate surface area is 181 Å². The molecule has 0 radical (unpaired) electrons. The van der Waals surface area contributed by atoms with Crippen LogP contribution >= 0.6 is 11.6 Å². The molecule has 0 aromatic heterocycles. The first-order valence-corrected chi connectivity index (χ1v) is 10.6. The monoisotopic (exact) mass is 424 g/mol. The second-order valence-electron chi connectivity index (χ2n) is 7.66. The van der Waals surface area contributed by atoms with Gasteiger partial charge in [0, 0.05) is 49.7 Å². The lowest BCUT2D eigenvalue weighted by atomic mass is 10.0. The smallest absolute Gasteiger partial charge is 0.244 e. The number of hydrogen-bond donors (Lipinski definition) is 0. The molecule has 2 aromatic rings. The van der Waals surface area contributed by atoms with Crippen molar-refractivity contribution in [2.75, 3.05) is 37.6 Å². The number of hydrogen-bond acceptors (Lipinski definition) is 4. The third kappa shape index (κ3) is 4.49. The molecule has 1 saturated heterocycles. The first-order chi connectivity index (χ1) is 14.5. The zero-order chi connectivity index (χ0) is 21.1. The highest BCUT2D eigenvalue weighted by atomic mass is 35.5. The van der Waals surface area contributed by atoms with E-state index in [1.54, 1.807) is 0 Å².